The van der Waals surface area contributed by atoms with Crippen molar-refractivity contribution in [1.29, 1.82) is 0 Å². The highest BCUT2D eigenvalue weighted by molar-refractivity contribution is 5.80. The molecule has 1 aromatic heterocycles. The fourth-order valence-electron chi connectivity index (χ4n) is 4.72. The largest absolute Gasteiger partial charge is 0.342 e. The summed E-state index contributed by atoms with van der Waals surface area (Å²) in [5.41, 5.74) is 0.682. The molecular formula is C20H30N4O2. The molecule has 1 amide bonds. The molecule has 0 unspecified atom stereocenters. The molecular weight excluding hydrogens is 328 g/mol. The molecule has 0 radical (unpaired) electrons. The summed E-state index contributed by atoms with van der Waals surface area (Å²) in [5.74, 6) is 1.70. The molecule has 0 spiro atoms. The monoisotopic (exact) mass is 358 g/mol. The fraction of sp³-hybridized carbons (Fsp3) is 0.750. The Labute approximate surface area is 155 Å². The lowest BCUT2D eigenvalue weighted by atomic mass is 9.94. The number of amides is 1. The lowest BCUT2D eigenvalue weighted by Crippen LogP contribution is -2.38. The van der Waals surface area contributed by atoms with Gasteiger partial charge in [-0.15, -0.1) is 0 Å². The Morgan fingerprint density at radius 2 is 1.81 bits per heavy atom. The van der Waals surface area contributed by atoms with Crippen LogP contribution in [0.4, 0.5) is 5.95 Å². The van der Waals surface area contributed by atoms with E-state index in [9.17, 15) is 9.59 Å². The predicted octanol–water partition coefficient (Wildman–Crippen LogP) is 2.65. The van der Waals surface area contributed by atoms with Gasteiger partial charge in [-0.2, -0.15) is 0 Å². The van der Waals surface area contributed by atoms with Crippen molar-refractivity contribution in [1.82, 2.24) is 14.9 Å². The molecule has 1 saturated carbocycles. The van der Waals surface area contributed by atoms with Crippen LogP contribution in [0.2, 0.25) is 0 Å². The highest BCUT2D eigenvalue weighted by atomic mass is 16.2. The van der Waals surface area contributed by atoms with Crippen LogP contribution in [0, 0.1) is 5.92 Å². The van der Waals surface area contributed by atoms with Crippen LogP contribution in [-0.2, 0) is 4.79 Å². The molecule has 1 aliphatic carbocycles. The normalized spacial score (nSPS) is 25.9. The molecule has 3 fully saturated rings. The van der Waals surface area contributed by atoms with Crippen molar-refractivity contribution in [3.05, 3.63) is 22.1 Å². The molecule has 2 aliphatic heterocycles. The van der Waals surface area contributed by atoms with Crippen molar-refractivity contribution < 1.29 is 4.79 Å². The van der Waals surface area contributed by atoms with Crippen LogP contribution >= 0.6 is 0 Å². The first-order valence-corrected chi connectivity index (χ1v) is 10.3. The molecule has 1 aromatic rings. The molecule has 26 heavy (non-hydrogen) atoms. The summed E-state index contributed by atoms with van der Waals surface area (Å²) >= 11 is 0. The molecule has 0 aromatic carbocycles. The molecule has 3 heterocycles. The zero-order chi connectivity index (χ0) is 18.1. The van der Waals surface area contributed by atoms with Crippen LogP contribution in [-0.4, -0.2) is 46.5 Å². The minimum Gasteiger partial charge on any atom is -0.342 e. The minimum absolute atomic E-state index is 0.0502. The van der Waals surface area contributed by atoms with Gasteiger partial charge < -0.3 is 9.80 Å². The van der Waals surface area contributed by atoms with Crippen LogP contribution in [0.1, 0.15) is 69.9 Å². The van der Waals surface area contributed by atoms with Crippen LogP contribution in [0.25, 0.3) is 0 Å². The number of hydrogen-bond acceptors (Lipinski definition) is 4. The Bertz CT molecular complexity index is 702. The summed E-state index contributed by atoms with van der Waals surface area (Å²) in [6.07, 6.45) is 8.73. The van der Waals surface area contributed by atoms with Crippen molar-refractivity contribution in [2.45, 2.75) is 70.3 Å². The predicted molar refractivity (Wildman–Crippen MR) is 101 cm³/mol. The van der Waals surface area contributed by atoms with E-state index in [2.05, 4.69) is 21.7 Å². The Morgan fingerprint density at radius 1 is 1.08 bits per heavy atom. The zero-order valence-corrected chi connectivity index (χ0v) is 15.7. The van der Waals surface area contributed by atoms with Gasteiger partial charge in [-0.3, -0.25) is 14.6 Å². The maximum absolute atomic E-state index is 12.6. The number of nitrogens with zero attached hydrogens (tertiary/aromatic N) is 3. The maximum atomic E-state index is 12.6. The SMILES string of the molecule is CC1CCN(c2nc([C@@H]3CC(=O)N(C4CCCCC4)C3)cc(=O)[nH]2)CC1. The van der Waals surface area contributed by atoms with E-state index in [1.165, 1.54) is 19.3 Å². The molecule has 6 heteroatoms. The highest BCUT2D eigenvalue weighted by Crippen LogP contribution is 2.33. The van der Waals surface area contributed by atoms with Crippen molar-refractivity contribution in [3.8, 4) is 0 Å². The molecule has 2 saturated heterocycles. The molecule has 4 rings (SSSR count). The minimum atomic E-state index is -0.104. The number of anilines is 1. The molecule has 1 N–H and O–H groups in total. The summed E-state index contributed by atoms with van der Waals surface area (Å²) in [5, 5.41) is 0. The number of hydrogen-bond donors (Lipinski definition) is 1. The van der Waals surface area contributed by atoms with Crippen molar-refractivity contribution in [2.75, 3.05) is 24.5 Å². The number of piperidine rings is 1. The summed E-state index contributed by atoms with van der Waals surface area (Å²) in [4.78, 5) is 36.7. The van der Waals surface area contributed by atoms with Gasteiger partial charge in [0.25, 0.3) is 5.56 Å². The van der Waals surface area contributed by atoms with Gasteiger partial charge in [0.2, 0.25) is 11.9 Å². The number of carbonyl (C=O) groups is 1. The van der Waals surface area contributed by atoms with Gasteiger partial charge in [0.1, 0.15) is 0 Å². The molecule has 0 bridgehead atoms. The van der Waals surface area contributed by atoms with E-state index in [1.54, 1.807) is 6.07 Å². The number of likely N-dealkylation sites (tertiary alicyclic amines) is 1. The summed E-state index contributed by atoms with van der Waals surface area (Å²) in [7, 11) is 0. The van der Waals surface area contributed by atoms with E-state index >= 15 is 0 Å². The lowest BCUT2D eigenvalue weighted by Gasteiger charge is -2.31. The summed E-state index contributed by atoms with van der Waals surface area (Å²) in [6.45, 7) is 4.86. The Balaban J connectivity index is 1.50. The Morgan fingerprint density at radius 3 is 2.54 bits per heavy atom. The quantitative estimate of drug-likeness (QED) is 0.902. The fourth-order valence-corrected chi connectivity index (χ4v) is 4.72. The van der Waals surface area contributed by atoms with Crippen LogP contribution in [0.5, 0.6) is 0 Å². The van der Waals surface area contributed by atoms with E-state index in [0.29, 0.717) is 18.4 Å². The van der Waals surface area contributed by atoms with Crippen molar-refractivity contribution in [2.24, 2.45) is 5.92 Å². The standard InChI is InChI=1S/C20H30N4O2/c1-14-7-9-23(10-8-14)20-21-17(12-18(25)22-20)15-11-19(26)24(13-15)16-5-3-2-4-6-16/h12,14-16H,2-11,13H2,1H3,(H,21,22,25)/t15-/m1/s1. The van der Waals surface area contributed by atoms with Gasteiger partial charge in [0, 0.05) is 44.1 Å². The number of H-pyrrole nitrogens is 1. The van der Waals surface area contributed by atoms with Gasteiger partial charge in [0.15, 0.2) is 0 Å². The average molecular weight is 358 g/mol. The van der Waals surface area contributed by atoms with Crippen molar-refractivity contribution >= 4 is 11.9 Å². The van der Waals surface area contributed by atoms with E-state index in [-0.39, 0.29) is 17.4 Å². The zero-order valence-electron chi connectivity index (χ0n) is 15.7. The molecule has 142 valence electrons. The van der Waals surface area contributed by atoms with Crippen LogP contribution in [0.15, 0.2) is 10.9 Å². The number of aromatic amines is 1. The maximum Gasteiger partial charge on any atom is 0.252 e. The van der Waals surface area contributed by atoms with Gasteiger partial charge in [-0.05, 0) is 31.6 Å². The summed E-state index contributed by atoms with van der Waals surface area (Å²) < 4.78 is 0. The van der Waals surface area contributed by atoms with E-state index < -0.39 is 0 Å². The first-order chi connectivity index (χ1) is 12.6. The first kappa shape index (κ1) is 17.6. The van der Waals surface area contributed by atoms with Gasteiger partial charge in [0.05, 0.1) is 5.69 Å². The van der Waals surface area contributed by atoms with Gasteiger partial charge in [-0.25, -0.2) is 4.98 Å². The summed E-state index contributed by atoms with van der Waals surface area (Å²) in [6, 6.07) is 1.99. The molecule has 6 nitrogen and oxygen atoms in total. The Kier molecular flexibility index (Phi) is 5.00. The number of rotatable bonds is 3. The topological polar surface area (TPSA) is 69.3 Å². The van der Waals surface area contributed by atoms with Crippen LogP contribution in [0.3, 0.4) is 0 Å². The molecule has 1 atom stereocenters. The Hall–Kier alpha value is -1.85. The van der Waals surface area contributed by atoms with E-state index in [1.807, 2.05) is 0 Å². The number of nitrogens with one attached hydrogen (secondary N) is 1. The second kappa shape index (κ2) is 7.41. The second-order valence-electron chi connectivity index (χ2n) is 8.40. The lowest BCUT2D eigenvalue weighted by molar-refractivity contribution is -0.130. The molecule has 3 aliphatic rings. The second-order valence-corrected chi connectivity index (χ2v) is 8.40. The number of carbonyl (C=O) groups excluding carboxylic acids is 1. The van der Waals surface area contributed by atoms with E-state index in [0.717, 1.165) is 56.9 Å². The highest BCUT2D eigenvalue weighted by Gasteiger charge is 2.36. The number of aromatic nitrogens is 2. The first-order valence-electron chi connectivity index (χ1n) is 10.3. The van der Waals surface area contributed by atoms with E-state index in [4.69, 9.17) is 4.98 Å². The van der Waals surface area contributed by atoms with Gasteiger partial charge >= 0.3 is 0 Å². The smallest absolute Gasteiger partial charge is 0.252 e. The van der Waals surface area contributed by atoms with Crippen LogP contribution < -0.4 is 10.5 Å². The average Bonchev–Trinajstić information content (AvgIpc) is 3.04. The van der Waals surface area contributed by atoms with Gasteiger partial charge in [-0.1, -0.05) is 26.2 Å². The third kappa shape index (κ3) is 3.64. The third-order valence-corrected chi connectivity index (χ3v) is 6.42. The third-order valence-electron chi connectivity index (χ3n) is 6.42. The van der Waals surface area contributed by atoms with Crippen molar-refractivity contribution in [3.63, 3.8) is 0 Å².